The Bertz CT molecular complexity index is 511. The van der Waals surface area contributed by atoms with Crippen LogP contribution in [0.1, 0.15) is 29.8 Å². The second-order valence-electron chi connectivity index (χ2n) is 3.99. The molecule has 1 atom stereocenters. The van der Waals surface area contributed by atoms with Gasteiger partial charge in [-0.3, -0.25) is 0 Å². The summed E-state index contributed by atoms with van der Waals surface area (Å²) in [7, 11) is 0. The molecule has 96 valence electrons. The minimum absolute atomic E-state index is 0.146. The lowest BCUT2D eigenvalue weighted by atomic mass is 10.3. The molecule has 0 bridgehead atoms. The predicted octanol–water partition coefficient (Wildman–Crippen LogP) is 2.85. The zero-order chi connectivity index (χ0) is 13.0. The molecule has 2 heterocycles. The van der Waals surface area contributed by atoms with Crippen molar-refractivity contribution in [1.29, 1.82) is 0 Å². The molecule has 0 amide bonds. The van der Waals surface area contributed by atoms with E-state index in [1.807, 2.05) is 19.2 Å². The summed E-state index contributed by atoms with van der Waals surface area (Å²) >= 11 is 1.70. The molecule has 2 rings (SSSR count). The van der Waals surface area contributed by atoms with Gasteiger partial charge in [0, 0.05) is 23.7 Å². The van der Waals surface area contributed by atoms with Crippen molar-refractivity contribution in [3.8, 4) is 0 Å². The number of aromatic nitrogens is 3. The first-order valence-electron chi connectivity index (χ1n) is 5.94. The van der Waals surface area contributed by atoms with E-state index < -0.39 is 0 Å². The van der Waals surface area contributed by atoms with Gasteiger partial charge >= 0.3 is 0 Å². The molecule has 0 aliphatic rings. The molecule has 0 fully saturated rings. The van der Waals surface area contributed by atoms with E-state index in [4.69, 9.17) is 0 Å². The molecule has 1 unspecified atom stereocenters. The summed E-state index contributed by atoms with van der Waals surface area (Å²) in [4.78, 5) is 13.9. The van der Waals surface area contributed by atoms with Crippen molar-refractivity contribution in [2.24, 2.45) is 0 Å². The Labute approximate surface area is 111 Å². The fourth-order valence-electron chi connectivity index (χ4n) is 1.57. The van der Waals surface area contributed by atoms with Gasteiger partial charge in [0.1, 0.15) is 23.0 Å². The van der Waals surface area contributed by atoms with E-state index in [9.17, 15) is 0 Å². The number of nitrogens with one attached hydrogen (secondary N) is 2. The first kappa shape index (κ1) is 12.8. The van der Waals surface area contributed by atoms with E-state index in [-0.39, 0.29) is 6.04 Å². The number of anilines is 2. The molecule has 0 spiro atoms. The van der Waals surface area contributed by atoms with E-state index in [0.29, 0.717) is 0 Å². The highest BCUT2D eigenvalue weighted by atomic mass is 32.1. The molecule has 0 aromatic carbocycles. The number of thiazole rings is 1. The summed E-state index contributed by atoms with van der Waals surface area (Å²) < 4.78 is 0. The van der Waals surface area contributed by atoms with Crippen molar-refractivity contribution in [3.05, 3.63) is 28.5 Å². The van der Waals surface area contributed by atoms with Gasteiger partial charge in [-0.1, -0.05) is 0 Å². The van der Waals surface area contributed by atoms with Crippen LogP contribution in [0.4, 0.5) is 11.6 Å². The largest absolute Gasteiger partial charge is 0.370 e. The van der Waals surface area contributed by atoms with Crippen molar-refractivity contribution < 1.29 is 0 Å². The van der Waals surface area contributed by atoms with Crippen molar-refractivity contribution in [3.63, 3.8) is 0 Å². The average Bonchev–Trinajstić information content (AvgIpc) is 2.77. The maximum absolute atomic E-state index is 4.37. The summed E-state index contributed by atoms with van der Waals surface area (Å²) in [5.74, 6) is 1.64. The minimum atomic E-state index is 0.146. The first-order valence-corrected chi connectivity index (χ1v) is 6.75. The number of rotatable bonds is 5. The molecule has 2 aromatic rings. The third-order valence-electron chi connectivity index (χ3n) is 2.40. The predicted molar refractivity (Wildman–Crippen MR) is 75.1 cm³/mol. The van der Waals surface area contributed by atoms with Gasteiger partial charge in [-0.25, -0.2) is 15.0 Å². The van der Waals surface area contributed by atoms with E-state index in [1.54, 1.807) is 17.7 Å². The van der Waals surface area contributed by atoms with Gasteiger partial charge in [-0.2, -0.15) is 0 Å². The Balaban J connectivity index is 2.06. The SMILES string of the molecule is CCNc1cc(NC(C)c2ncc(C)s2)ncn1. The third-order valence-corrected chi connectivity index (χ3v) is 3.49. The second-order valence-corrected chi connectivity index (χ2v) is 5.26. The van der Waals surface area contributed by atoms with E-state index in [1.165, 1.54) is 4.88 Å². The maximum atomic E-state index is 4.37. The van der Waals surface area contributed by atoms with Crippen LogP contribution >= 0.6 is 11.3 Å². The zero-order valence-electron chi connectivity index (χ0n) is 10.8. The fourth-order valence-corrected chi connectivity index (χ4v) is 2.35. The Morgan fingerprint density at radius 1 is 1.28 bits per heavy atom. The lowest BCUT2D eigenvalue weighted by molar-refractivity contribution is 0.858. The molecule has 0 saturated carbocycles. The summed E-state index contributed by atoms with van der Waals surface area (Å²) in [6.45, 7) is 7.02. The second kappa shape index (κ2) is 5.77. The maximum Gasteiger partial charge on any atom is 0.132 e. The van der Waals surface area contributed by atoms with Gasteiger partial charge < -0.3 is 10.6 Å². The summed E-state index contributed by atoms with van der Waals surface area (Å²) in [6.07, 6.45) is 3.45. The lowest BCUT2D eigenvalue weighted by Gasteiger charge is -2.12. The zero-order valence-corrected chi connectivity index (χ0v) is 11.6. The highest BCUT2D eigenvalue weighted by molar-refractivity contribution is 7.11. The molecule has 5 nitrogen and oxygen atoms in total. The molecular formula is C12H17N5S. The smallest absolute Gasteiger partial charge is 0.132 e. The quantitative estimate of drug-likeness (QED) is 0.868. The summed E-state index contributed by atoms with van der Waals surface area (Å²) in [5.41, 5.74) is 0. The first-order chi connectivity index (χ1) is 8.69. The highest BCUT2D eigenvalue weighted by Gasteiger charge is 2.10. The van der Waals surface area contributed by atoms with E-state index in [2.05, 4.69) is 39.4 Å². The van der Waals surface area contributed by atoms with Crippen molar-refractivity contribution >= 4 is 23.0 Å². The molecule has 2 N–H and O–H groups in total. The van der Waals surface area contributed by atoms with Gasteiger partial charge in [-0.15, -0.1) is 11.3 Å². The molecule has 0 aliphatic carbocycles. The highest BCUT2D eigenvalue weighted by Crippen LogP contribution is 2.22. The minimum Gasteiger partial charge on any atom is -0.370 e. The molecule has 0 radical (unpaired) electrons. The van der Waals surface area contributed by atoms with Gasteiger partial charge in [0.25, 0.3) is 0 Å². The van der Waals surface area contributed by atoms with Crippen LogP contribution in [-0.2, 0) is 0 Å². The van der Waals surface area contributed by atoms with Crippen LogP contribution in [0.3, 0.4) is 0 Å². The fraction of sp³-hybridized carbons (Fsp3) is 0.417. The van der Waals surface area contributed by atoms with Gasteiger partial charge in [0.15, 0.2) is 0 Å². The summed E-state index contributed by atoms with van der Waals surface area (Å²) in [6, 6.07) is 2.05. The topological polar surface area (TPSA) is 62.7 Å². The van der Waals surface area contributed by atoms with Gasteiger partial charge in [-0.05, 0) is 20.8 Å². The Kier molecular flexibility index (Phi) is 4.09. The van der Waals surface area contributed by atoms with E-state index >= 15 is 0 Å². The normalized spacial score (nSPS) is 12.2. The van der Waals surface area contributed by atoms with Gasteiger partial charge in [0.2, 0.25) is 0 Å². The number of hydrogen-bond donors (Lipinski definition) is 2. The standard InChI is InChI=1S/C12H17N5S/c1-4-13-10-5-11(16-7-15-10)17-9(3)12-14-6-8(2)18-12/h5-7,9H,4H2,1-3H3,(H2,13,15,16,17). The third kappa shape index (κ3) is 3.16. The number of aryl methyl sites for hydroxylation is 1. The Morgan fingerprint density at radius 2 is 2.06 bits per heavy atom. The van der Waals surface area contributed by atoms with Crippen LogP contribution in [0.25, 0.3) is 0 Å². The van der Waals surface area contributed by atoms with E-state index in [0.717, 1.165) is 23.2 Å². The van der Waals surface area contributed by atoms with Gasteiger partial charge in [0.05, 0.1) is 6.04 Å². The lowest BCUT2D eigenvalue weighted by Crippen LogP contribution is -2.08. The molecule has 0 aliphatic heterocycles. The molecular weight excluding hydrogens is 246 g/mol. The van der Waals surface area contributed by atoms with Crippen molar-refractivity contribution in [2.45, 2.75) is 26.8 Å². The van der Waals surface area contributed by atoms with Crippen LogP contribution in [-0.4, -0.2) is 21.5 Å². The number of hydrogen-bond acceptors (Lipinski definition) is 6. The van der Waals surface area contributed by atoms with Crippen LogP contribution < -0.4 is 10.6 Å². The number of nitrogens with zero attached hydrogens (tertiary/aromatic N) is 3. The molecule has 2 aromatic heterocycles. The van der Waals surface area contributed by atoms with Crippen LogP contribution in [0.5, 0.6) is 0 Å². The Morgan fingerprint density at radius 3 is 2.72 bits per heavy atom. The monoisotopic (exact) mass is 263 g/mol. The summed E-state index contributed by atoms with van der Waals surface area (Å²) in [5, 5.41) is 7.55. The van der Waals surface area contributed by atoms with Crippen molar-refractivity contribution in [1.82, 2.24) is 15.0 Å². The van der Waals surface area contributed by atoms with Crippen LogP contribution in [0.2, 0.25) is 0 Å². The average molecular weight is 263 g/mol. The Hall–Kier alpha value is -1.69. The molecule has 6 heteroatoms. The van der Waals surface area contributed by atoms with Crippen LogP contribution in [0, 0.1) is 6.92 Å². The molecule has 0 saturated heterocycles. The van der Waals surface area contributed by atoms with Crippen LogP contribution in [0.15, 0.2) is 18.6 Å². The van der Waals surface area contributed by atoms with Crippen molar-refractivity contribution in [2.75, 3.05) is 17.2 Å². The molecule has 18 heavy (non-hydrogen) atoms.